The molecule has 2 N–H and O–H groups in total. The zero-order valence-electron chi connectivity index (χ0n) is 20.5. The Bertz CT molecular complexity index is 1180. The Labute approximate surface area is 217 Å². The van der Waals surface area contributed by atoms with Gasteiger partial charge in [-0.3, -0.25) is 9.59 Å². The van der Waals surface area contributed by atoms with E-state index in [2.05, 4.69) is 39.8 Å². The van der Waals surface area contributed by atoms with Gasteiger partial charge in [0.05, 0.1) is 12.2 Å². The summed E-state index contributed by atoms with van der Waals surface area (Å²) in [7, 11) is 1.60. The maximum absolute atomic E-state index is 13.1. The first-order valence-electron chi connectivity index (χ1n) is 12.3. The van der Waals surface area contributed by atoms with Crippen molar-refractivity contribution < 1.29 is 14.3 Å². The third kappa shape index (κ3) is 6.86. The van der Waals surface area contributed by atoms with E-state index in [0.29, 0.717) is 40.9 Å². The van der Waals surface area contributed by atoms with E-state index in [-0.39, 0.29) is 11.8 Å². The number of benzene rings is 3. The fourth-order valence-electron chi connectivity index (χ4n) is 4.59. The molecule has 1 heterocycles. The normalized spacial score (nSPS) is 13.9. The number of rotatable bonds is 9. The highest BCUT2D eigenvalue weighted by atomic mass is 35.5. The average Bonchev–Trinajstić information content (AvgIpc) is 2.90. The second-order valence-corrected chi connectivity index (χ2v) is 9.50. The molecule has 36 heavy (non-hydrogen) atoms. The standard InChI is InChI=1S/C29H32ClN3O3/c1-36-17-14-31-29(35)26-20-25(32-28(34)23-8-5-9-24(30)19-23)10-11-27(26)33-15-12-22(13-16-33)18-21-6-3-2-4-7-21/h2-11,19-20,22H,12-18H2,1H3,(H,31,35)(H,32,34). The SMILES string of the molecule is COCCNC(=O)c1cc(NC(=O)c2cccc(Cl)c2)ccc1N1CCC(Cc2ccccc2)CC1. The predicted octanol–water partition coefficient (Wildman–Crippen LogP) is 5.43. The number of amides is 2. The number of piperidine rings is 1. The van der Waals surface area contributed by atoms with E-state index in [1.165, 1.54) is 5.56 Å². The average molecular weight is 506 g/mol. The molecular formula is C29H32ClN3O3. The minimum absolute atomic E-state index is 0.188. The lowest BCUT2D eigenvalue weighted by molar-refractivity contribution is 0.0936. The van der Waals surface area contributed by atoms with Crippen LogP contribution in [0.25, 0.3) is 0 Å². The highest BCUT2D eigenvalue weighted by Gasteiger charge is 2.24. The van der Waals surface area contributed by atoms with E-state index in [4.69, 9.17) is 16.3 Å². The summed E-state index contributed by atoms with van der Waals surface area (Å²) in [5, 5.41) is 6.30. The molecule has 1 saturated heterocycles. The van der Waals surface area contributed by atoms with Gasteiger partial charge in [0.1, 0.15) is 0 Å². The zero-order valence-corrected chi connectivity index (χ0v) is 21.3. The van der Waals surface area contributed by atoms with Crippen LogP contribution >= 0.6 is 11.6 Å². The van der Waals surface area contributed by atoms with Crippen molar-refractivity contribution in [2.24, 2.45) is 5.92 Å². The first kappa shape index (κ1) is 25.7. The minimum atomic E-state index is -0.280. The molecule has 1 aliphatic heterocycles. The third-order valence-electron chi connectivity index (χ3n) is 6.50. The molecule has 6 nitrogen and oxygen atoms in total. The van der Waals surface area contributed by atoms with E-state index >= 15 is 0 Å². The molecule has 0 radical (unpaired) electrons. The van der Waals surface area contributed by atoms with Gasteiger partial charge >= 0.3 is 0 Å². The third-order valence-corrected chi connectivity index (χ3v) is 6.74. The highest BCUT2D eigenvalue weighted by Crippen LogP contribution is 2.30. The van der Waals surface area contributed by atoms with Crippen molar-refractivity contribution >= 4 is 34.8 Å². The van der Waals surface area contributed by atoms with Crippen LogP contribution in [0.15, 0.2) is 72.8 Å². The molecule has 4 rings (SSSR count). The summed E-state index contributed by atoms with van der Waals surface area (Å²) < 4.78 is 5.08. The molecule has 0 aromatic heterocycles. The Morgan fingerprint density at radius 3 is 2.47 bits per heavy atom. The van der Waals surface area contributed by atoms with Crippen LogP contribution < -0.4 is 15.5 Å². The molecule has 2 amide bonds. The predicted molar refractivity (Wildman–Crippen MR) is 145 cm³/mol. The first-order chi connectivity index (χ1) is 17.5. The summed E-state index contributed by atoms with van der Waals surface area (Å²) >= 11 is 6.03. The van der Waals surface area contributed by atoms with Crippen LogP contribution in [-0.4, -0.2) is 45.2 Å². The van der Waals surface area contributed by atoms with E-state index in [0.717, 1.165) is 38.0 Å². The Morgan fingerprint density at radius 2 is 1.75 bits per heavy atom. The van der Waals surface area contributed by atoms with Crippen molar-refractivity contribution in [2.75, 3.05) is 43.6 Å². The fourth-order valence-corrected chi connectivity index (χ4v) is 4.78. The van der Waals surface area contributed by atoms with Gasteiger partial charge in [-0.2, -0.15) is 0 Å². The molecule has 0 aliphatic carbocycles. The number of nitrogens with one attached hydrogen (secondary N) is 2. The van der Waals surface area contributed by atoms with E-state index in [1.807, 2.05) is 18.2 Å². The molecule has 188 valence electrons. The zero-order chi connectivity index (χ0) is 25.3. The van der Waals surface area contributed by atoms with Crippen LogP contribution in [0.4, 0.5) is 11.4 Å². The van der Waals surface area contributed by atoms with Crippen LogP contribution in [0, 0.1) is 5.92 Å². The number of hydrogen-bond donors (Lipinski definition) is 2. The molecule has 0 saturated carbocycles. The van der Waals surface area contributed by atoms with Crippen LogP contribution in [0.3, 0.4) is 0 Å². The van der Waals surface area contributed by atoms with Crippen molar-refractivity contribution in [1.29, 1.82) is 0 Å². The van der Waals surface area contributed by atoms with Gasteiger partial charge in [0.15, 0.2) is 0 Å². The van der Waals surface area contributed by atoms with Crippen molar-refractivity contribution in [2.45, 2.75) is 19.3 Å². The number of nitrogens with zero attached hydrogens (tertiary/aromatic N) is 1. The number of carbonyl (C=O) groups excluding carboxylic acids is 2. The van der Waals surface area contributed by atoms with Gasteiger partial charge in [-0.1, -0.05) is 48.0 Å². The monoisotopic (exact) mass is 505 g/mol. The molecule has 0 atom stereocenters. The van der Waals surface area contributed by atoms with Crippen LogP contribution in [0.5, 0.6) is 0 Å². The van der Waals surface area contributed by atoms with Gasteiger partial charge in [-0.25, -0.2) is 0 Å². The van der Waals surface area contributed by atoms with Gasteiger partial charge in [0, 0.05) is 48.7 Å². The van der Waals surface area contributed by atoms with Gasteiger partial charge in [-0.15, -0.1) is 0 Å². The highest BCUT2D eigenvalue weighted by molar-refractivity contribution is 6.31. The molecule has 0 spiro atoms. The summed E-state index contributed by atoms with van der Waals surface area (Å²) in [5.74, 6) is 0.156. The van der Waals surface area contributed by atoms with Crippen molar-refractivity contribution in [1.82, 2.24) is 5.32 Å². The number of halogens is 1. The second-order valence-electron chi connectivity index (χ2n) is 9.07. The van der Waals surface area contributed by atoms with Crippen molar-refractivity contribution in [3.63, 3.8) is 0 Å². The molecule has 3 aromatic rings. The second kappa shape index (κ2) is 12.6. The van der Waals surface area contributed by atoms with Gasteiger partial charge in [-0.05, 0) is 67.1 Å². The quantitative estimate of drug-likeness (QED) is 0.380. The number of ether oxygens (including phenoxy) is 1. The van der Waals surface area contributed by atoms with Gasteiger partial charge in [0.25, 0.3) is 11.8 Å². The van der Waals surface area contributed by atoms with Crippen molar-refractivity contribution in [3.05, 3.63) is 94.5 Å². The summed E-state index contributed by atoms with van der Waals surface area (Å²) in [6, 6.07) is 22.9. The molecule has 0 bridgehead atoms. The Hall–Kier alpha value is -3.35. The van der Waals surface area contributed by atoms with Gasteiger partial charge < -0.3 is 20.3 Å². The molecule has 1 fully saturated rings. The molecular weight excluding hydrogens is 474 g/mol. The van der Waals surface area contributed by atoms with Crippen LogP contribution in [0.1, 0.15) is 39.1 Å². The smallest absolute Gasteiger partial charge is 0.255 e. The lowest BCUT2D eigenvalue weighted by Crippen LogP contribution is -2.36. The maximum Gasteiger partial charge on any atom is 0.255 e. The van der Waals surface area contributed by atoms with Crippen LogP contribution in [0.2, 0.25) is 5.02 Å². The minimum Gasteiger partial charge on any atom is -0.383 e. The van der Waals surface area contributed by atoms with E-state index in [1.54, 1.807) is 37.4 Å². The lowest BCUT2D eigenvalue weighted by Gasteiger charge is -2.35. The number of carbonyl (C=O) groups is 2. The number of methoxy groups -OCH3 is 1. The van der Waals surface area contributed by atoms with E-state index < -0.39 is 0 Å². The summed E-state index contributed by atoms with van der Waals surface area (Å²) in [6.07, 6.45) is 3.20. The van der Waals surface area contributed by atoms with Gasteiger partial charge in [0.2, 0.25) is 0 Å². The molecule has 0 unspecified atom stereocenters. The largest absolute Gasteiger partial charge is 0.383 e. The lowest BCUT2D eigenvalue weighted by atomic mass is 9.89. The molecule has 3 aromatic carbocycles. The fraction of sp³-hybridized carbons (Fsp3) is 0.310. The number of hydrogen-bond acceptors (Lipinski definition) is 4. The van der Waals surface area contributed by atoms with Crippen molar-refractivity contribution in [3.8, 4) is 0 Å². The summed E-state index contributed by atoms with van der Waals surface area (Å²) in [5.41, 5.74) is 3.80. The summed E-state index contributed by atoms with van der Waals surface area (Å²) in [4.78, 5) is 28.1. The molecule has 7 heteroatoms. The Morgan fingerprint density at radius 1 is 0.972 bits per heavy atom. The summed E-state index contributed by atoms with van der Waals surface area (Å²) in [6.45, 7) is 2.60. The maximum atomic E-state index is 13.1. The number of anilines is 2. The van der Waals surface area contributed by atoms with Crippen LogP contribution in [-0.2, 0) is 11.2 Å². The Balaban J connectivity index is 1.49. The Kier molecular flexibility index (Phi) is 8.98. The molecule has 1 aliphatic rings. The van der Waals surface area contributed by atoms with E-state index in [9.17, 15) is 9.59 Å². The first-order valence-corrected chi connectivity index (χ1v) is 12.7. The topological polar surface area (TPSA) is 70.7 Å².